The Morgan fingerprint density at radius 2 is 1.76 bits per heavy atom. The van der Waals surface area contributed by atoms with Gasteiger partial charge in [0, 0.05) is 44.1 Å². The molecule has 9 nitrogen and oxygen atoms in total. The van der Waals surface area contributed by atoms with Crippen LogP contribution in [0.1, 0.15) is 40.0 Å². The third-order valence-electron chi connectivity index (χ3n) is 6.40. The first-order chi connectivity index (χ1) is 18.3. The van der Waals surface area contributed by atoms with Gasteiger partial charge in [0.25, 0.3) is 11.8 Å². The van der Waals surface area contributed by atoms with Crippen LogP contribution in [0.4, 0.5) is 11.4 Å². The fourth-order valence-electron chi connectivity index (χ4n) is 4.41. The topological polar surface area (TPSA) is 112 Å². The molecule has 0 saturated heterocycles. The van der Waals surface area contributed by atoms with Crippen molar-refractivity contribution >= 4 is 52.4 Å². The normalized spacial score (nSPS) is 14.6. The van der Waals surface area contributed by atoms with Gasteiger partial charge in [-0.1, -0.05) is 35.3 Å². The van der Waals surface area contributed by atoms with Crippen molar-refractivity contribution in [3.8, 4) is 11.5 Å². The second kappa shape index (κ2) is 10.9. The van der Waals surface area contributed by atoms with E-state index in [9.17, 15) is 14.4 Å². The van der Waals surface area contributed by atoms with Gasteiger partial charge in [0.15, 0.2) is 0 Å². The lowest BCUT2D eigenvalue weighted by atomic mass is 10.1. The molecule has 1 saturated carbocycles. The molecule has 0 spiro atoms. The molecule has 2 amide bonds. The zero-order valence-corrected chi connectivity index (χ0v) is 21.7. The van der Waals surface area contributed by atoms with Crippen molar-refractivity contribution in [1.82, 2.24) is 10.3 Å². The maximum Gasteiger partial charge on any atom is 0.305 e. The minimum Gasteiger partial charge on any atom is -0.481 e. The Hall–Kier alpha value is -3.82. The van der Waals surface area contributed by atoms with Crippen LogP contribution in [0.3, 0.4) is 0 Å². The number of ether oxygens (including phenoxy) is 1. The lowest BCUT2D eigenvalue weighted by Gasteiger charge is -2.38. The van der Waals surface area contributed by atoms with Gasteiger partial charge in [-0.05, 0) is 37.1 Å². The number of pyridine rings is 1. The van der Waals surface area contributed by atoms with Crippen molar-refractivity contribution in [3.05, 3.63) is 76.0 Å². The summed E-state index contributed by atoms with van der Waals surface area (Å²) in [5.74, 6) is -1.46. The quantitative estimate of drug-likeness (QED) is 0.402. The minimum absolute atomic E-state index is 0.0547. The molecule has 2 aliphatic rings. The summed E-state index contributed by atoms with van der Waals surface area (Å²) in [5.41, 5.74) is 2.20. The number of amides is 2. The van der Waals surface area contributed by atoms with E-state index in [-0.39, 0.29) is 51.5 Å². The Morgan fingerprint density at radius 1 is 1.00 bits per heavy atom. The highest BCUT2D eigenvalue weighted by Gasteiger charge is 2.36. The summed E-state index contributed by atoms with van der Waals surface area (Å²) in [6, 6.07) is 12.7. The van der Waals surface area contributed by atoms with Crippen LogP contribution in [-0.4, -0.2) is 53.6 Å². The number of aromatic nitrogens is 1. The smallest absolute Gasteiger partial charge is 0.305 e. The molecule has 0 unspecified atom stereocenters. The zero-order valence-electron chi connectivity index (χ0n) is 20.2. The van der Waals surface area contributed by atoms with Gasteiger partial charge in [-0.15, -0.1) is 0 Å². The first-order valence-corrected chi connectivity index (χ1v) is 12.9. The van der Waals surface area contributed by atoms with Gasteiger partial charge < -0.3 is 25.0 Å². The van der Waals surface area contributed by atoms with E-state index in [1.807, 2.05) is 24.3 Å². The summed E-state index contributed by atoms with van der Waals surface area (Å²) >= 11 is 12.7. The lowest BCUT2D eigenvalue weighted by Crippen LogP contribution is -2.45. The first-order valence-electron chi connectivity index (χ1n) is 12.1. The number of rotatable bonds is 8. The van der Waals surface area contributed by atoms with E-state index in [1.54, 1.807) is 11.0 Å². The van der Waals surface area contributed by atoms with Crippen LogP contribution in [-0.2, 0) is 4.79 Å². The highest BCUT2D eigenvalue weighted by Crippen LogP contribution is 2.41. The van der Waals surface area contributed by atoms with Crippen LogP contribution in [0.25, 0.3) is 0 Å². The lowest BCUT2D eigenvalue weighted by molar-refractivity contribution is -0.136. The molecular formula is C27H24Cl2N4O5. The molecule has 2 heterocycles. The molecule has 1 aliphatic heterocycles. The van der Waals surface area contributed by atoms with Crippen molar-refractivity contribution in [2.24, 2.45) is 0 Å². The van der Waals surface area contributed by atoms with Gasteiger partial charge >= 0.3 is 5.97 Å². The Kier molecular flexibility index (Phi) is 7.40. The highest BCUT2D eigenvalue weighted by atomic mass is 35.5. The number of nitrogens with zero attached hydrogens (tertiary/aromatic N) is 3. The van der Waals surface area contributed by atoms with E-state index in [1.165, 1.54) is 24.5 Å². The molecule has 196 valence electrons. The average molecular weight is 555 g/mol. The van der Waals surface area contributed by atoms with E-state index in [0.29, 0.717) is 12.6 Å². The third-order valence-corrected chi connectivity index (χ3v) is 7.01. The second-order valence-electron chi connectivity index (χ2n) is 9.01. The molecule has 2 aromatic carbocycles. The average Bonchev–Trinajstić information content (AvgIpc) is 3.75. The molecular weight excluding hydrogens is 531 g/mol. The zero-order chi connectivity index (χ0) is 26.8. The van der Waals surface area contributed by atoms with Crippen molar-refractivity contribution < 1.29 is 24.2 Å². The van der Waals surface area contributed by atoms with Crippen LogP contribution in [0.15, 0.2) is 54.9 Å². The van der Waals surface area contributed by atoms with E-state index in [0.717, 1.165) is 30.8 Å². The number of fused-ring (bicyclic) bond motifs is 1. The Balaban J connectivity index is 1.38. The number of carboxylic acid groups (broad SMARTS) is 1. The molecule has 5 rings (SSSR count). The summed E-state index contributed by atoms with van der Waals surface area (Å²) in [4.78, 5) is 45.1. The summed E-state index contributed by atoms with van der Waals surface area (Å²) < 4.78 is 6.01. The van der Waals surface area contributed by atoms with E-state index in [4.69, 9.17) is 33.0 Å². The SMILES string of the molecule is O=C(O)CCNC(=O)c1cc(Cl)c(Oc2ccncc2C(=O)N2CCN(C3CC3)c3ccccc32)cc1Cl. The molecule has 3 aromatic rings. The Labute approximate surface area is 228 Å². The standard InChI is InChI=1S/C27H24Cl2N4O5/c28-19-14-24(20(29)13-17(19)26(36)31-10-8-25(34)35)38-23-7-9-30-15-18(23)27(37)33-12-11-32(16-5-6-16)21-3-1-2-4-22(21)33/h1-4,7,9,13-16H,5-6,8,10-12H2,(H,31,36)(H,34,35). The number of hydrogen-bond donors (Lipinski definition) is 2. The first kappa shape index (κ1) is 25.8. The number of nitrogens with one attached hydrogen (secondary N) is 1. The number of anilines is 2. The van der Waals surface area contributed by atoms with Crippen LogP contribution in [0, 0.1) is 0 Å². The number of carboxylic acids is 1. The fourth-order valence-corrected chi connectivity index (χ4v) is 4.86. The fraction of sp³-hybridized carbons (Fsp3) is 0.259. The number of carbonyl (C=O) groups excluding carboxylic acids is 2. The summed E-state index contributed by atoms with van der Waals surface area (Å²) in [6.07, 6.45) is 5.05. The summed E-state index contributed by atoms with van der Waals surface area (Å²) in [6.45, 7) is 1.21. The third kappa shape index (κ3) is 5.39. The monoisotopic (exact) mass is 554 g/mol. The molecule has 0 atom stereocenters. The maximum absolute atomic E-state index is 13.7. The predicted octanol–water partition coefficient (Wildman–Crippen LogP) is 5.01. The van der Waals surface area contributed by atoms with Gasteiger partial charge in [0.1, 0.15) is 17.1 Å². The predicted molar refractivity (Wildman–Crippen MR) is 144 cm³/mol. The number of halogens is 2. The van der Waals surface area contributed by atoms with Gasteiger partial charge in [0.2, 0.25) is 0 Å². The van der Waals surface area contributed by atoms with Gasteiger partial charge in [-0.25, -0.2) is 0 Å². The molecule has 1 aliphatic carbocycles. The summed E-state index contributed by atoms with van der Waals surface area (Å²) in [7, 11) is 0. The molecule has 11 heteroatoms. The van der Waals surface area contributed by atoms with E-state index in [2.05, 4.69) is 15.2 Å². The number of para-hydroxylation sites is 2. The van der Waals surface area contributed by atoms with Crippen LogP contribution in [0.2, 0.25) is 10.0 Å². The molecule has 1 aromatic heterocycles. The Morgan fingerprint density at radius 3 is 2.50 bits per heavy atom. The van der Waals surface area contributed by atoms with Gasteiger partial charge in [-0.2, -0.15) is 0 Å². The van der Waals surface area contributed by atoms with Crippen molar-refractivity contribution in [2.45, 2.75) is 25.3 Å². The second-order valence-corrected chi connectivity index (χ2v) is 9.82. The molecule has 0 bridgehead atoms. The van der Waals surface area contributed by atoms with Crippen LogP contribution >= 0.6 is 23.2 Å². The molecule has 0 radical (unpaired) electrons. The van der Waals surface area contributed by atoms with E-state index >= 15 is 0 Å². The largest absolute Gasteiger partial charge is 0.481 e. The summed E-state index contributed by atoms with van der Waals surface area (Å²) in [5, 5.41) is 11.4. The van der Waals surface area contributed by atoms with Crippen molar-refractivity contribution in [3.63, 3.8) is 0 Å². The van der Waals surface area contributed by atoms with Crippen molar-refractivity contribution in [2.75, 3.05) is 29.4 Å². The number of benzene rings is 2. The number of aliphatic carboxylic acids is 1. The van der Waals surface area contributed by atoms with E-state index < -0.39 is 11.9 Å². The minimum atomic E-state index is -1.03. The number of hydrogen-bond acceptors (Lipinski definition) is 6. The van der Waals surface area contributed by atoms with Crippen LogP contribution in [0.5, 0.6) is 11.5 Å². The number of carbonyl (C=O) groups is 3. The van der Waals surface area contributed by atoms with Crippen molar-refractivity contribution in [1.29, 1.82) is 0 Å². The molecule has 2 N–H and O–H groups in total. The highest BCUT2D eigenvalue weighted by molar-refractivity contribution is 6.36. The Bertz CT molecular complexity index is 1410. The van der Waals surface area contributed by atoms with Gasteiger partial charge in [0.05, 0.1) is 33.4 Å². The van der Waals surface area contributed by atoms with Crippen LogP contribution < -0.4 is 19.9 Å². The molecule has 38 heavy (non-hydrogen) atoms. The maximum atomic E-state index is 13.7. The van der Waals surface area contributed by atoms with Gasteiger partial charge in [-0.3, -0.25) is 19.4 Å². The molecule has 1 fully saturated rings.